The number of urea groups is 1. The predicted molar refractivity (Wildman–Crippen MR) is 184 cm³/mol. The van der Waals surface area contributed by atoms with Gasteiger partial charge in [0.15, 0.2) is 5.82 Å². The molecule has 4 heterocycles. The van der Waals surface area contributed by atoms with E-state index in [9.17, 15) is 22.8 Å². The summed E-state index contributed by atoms with van der Waals surface area (Å²) in [6.45, 7) is 2.49. The Morgan fingerprint density at radius 3 is 2.70 bits per heavy atom. The third-order valence-electron chi connectivity index (χ3n) is 10.0. The van der Waals surface area contributed by atoms with E-state index in [0.29, 0.717) is 47.4 Å². The van der Waals surface area contributed by atoms with Gasteiger partial charge >= 0.3 is 6.03 Å². The maximum Gasteiger partial charge on any atom is 0.320 e. The van der Waals surface area contributed by atoms with Gasteiger partial charge in [-0.3, -0.25) is 19.3 Å². The highest BCUT2D eigenvalue weighted by molar-refractivity contribution is 7.91. The average Bonchev–Trinajstić information content (AvgIpc) is 4.03. The zero-order chi connectivity index (χ0) is 35.2. The summed E-state index contributed by atoms with van der Waals surface area (Å²) in [6, 6.07) is 5.95. The van der Waals surface area contributed by atoms with Crippen LogP contribution < -0.4 is 19.5 Å². The highest BCUT2D eigenvalue weighted by Crippen LogP contribution is 2.46. The molecule has 264 valence electrons. The quantitative estimate of drug-likeness (QED) is 0.348. The number of ether oxygens (including phenoxy) is 2. The molecule has 50 heavy (non-hydrogen) atoms. The Morgan fingerprint density at radius 1 is 1.14 bits per heavy atom. The van der Waals surface area contributed by atoms with E-state index in [-0.39, 0.29) is 37.2 Å². The molecule has 7 rings (SSSR count). The summed E-state index contributed by atoms with van der Waals surface area (Å²) in [4.78, 5) is 58.5. The number of aromatic nitrogens is 3. The number of pyridine rings is 1. The third kappa shape index (κ3) is 6.45. The number of benzene rings is 1. The summed E-state index contributed by atoms with van der Waals surface area (Å²) in [5.41, 5.74) is 0.668. The number of sulfonamides is 1. The molecule has 3 fully saturated rings. The van der Waals surface area contributed by atoms with E-state index >= 15 is 0 Å². The molecule has 4 amide bonds. The van der Waals surface area contributed by atoms with Crippen LogP contribution in [-0.4, -0.2) is 101 Å². The van der Waals surface area contributed by atoms with Gasteiger partial charge in [-0.15, -0.1) is 0 Å². The number of nitrogens with one attached hydrogen (secondary N) is 2. The number of hydrogen-bond donors (Lipinski definition) is 2. The minimum Gasteiger partial charge on any atom is -0.496 e. The highest BCUT2D eigenvalue weighted by atomic mass is 32.2. The normalized spacial score (nSPS) is 26.3. The average molecular weight is 704 g/mol. The zero-order valence-corrected chi connectivity index (χ0v) is 29.1. The van der Waals surface area contributed by atoms with Crippen molar-refractivity contribution in [1.29, 1.82) is 0 Å². The minimum atomic E-state index is -3.84. The van der Waals surface area contributed by atoms with E-state index < -0.39 is 44.8 Å². The Morgan fingerprint density at radius 2 is 1.96 bits per heavy atom. The Balaban J connectivity index is 1.21. The number of fused-ring (bicyclic) bond motifs is 3. The topological polar surface area (TPSA) is 173 Å². The van der Waals surface area contributed by atoms with Crippen LogP contribution in [0.2, 0.25) is 0 Å². The fraction of sp³-hybridized carbons (Fsp3) is 0.486. The maximum absolute atomic E-state index is 14.2. The Labute approximate surface area is 290 Å². The van der Waals surface area contributed by atoms with Gasteiger partial charge in [0.1, 0.15) is 23.4 Å². The predicted octanol–water partition coefficient (Wildman–Crippen LogP) is 3.11. The van der Waals surface area contributed by atoms with E-state index in [1.165, 1.54) is 4.90 Å². The fourth-order valence-electron chi connectivity index (χ4n) is 6.87. The first-order valence-corrected chi connectivity index (χ1v) is 18.5. The molecular weight excluding hydrogens is 662 g/mol. The largest absolute Gasteiger partial charge is 0.496 e. The van der Waals surface area contributed by atoms with Gasteiger partial charge in [-0.25, -0.2) is 18.2 Å². The molecule has 2 aromatic heterocycles. The Bertz CT molecular complexity index is 1970. The summed E-state index contributed by atoms with van der Waals surface area (Å²) in [6.07, 6.45) is 10.2. The molecule has 1 aromatic carbocycles. The van der Waals surface area contributed by atoms with Crippen molar-refractivity contribution in [3.05, 3.63) is 54.4 Å². The van der Waals surface area contributed by atoms with Gasteiger partial charge in [-0.05, 0) is 69.7 Å². The number of amides is 4. The first-order valence-electron chi connectivity index (χ1n) is 17.0. The number of allylic oxidation sites excluding steroid dienone is 1. The van der Waals surface area contributed by atoms with E-state index in [2.05, 4.69) is 15.0 Å². The van der Waals surface area contributed by atoms with E-state index in [1.54, 1.807) is 37.5 Å². The number of carbonyl (C=O) groups is 3. The van der Waals surface area contributed by atoms with Crippen molar-refractivity contribution in [2.75, 3.05) is 27.2 Å². The molecule has 0 bridgehead atoms. The van der Waals surface area contributed by atoms with Crippen LogP contribution in [-0.2, 0) is 19.6 Å². The van der Waals surface area contributed by atoms with Crippen LogP contribution in [0, 0.1) is 12.8 Å². The monoisotopic (exact) mass is 703 g/mol. The van der Waals surface area contributed by atoms with Crippen molar-refractivity contribution in [3.63, 3.8) is 0 Å². The van der Waals surface area contributed by atoms with Crippen LogP contribution in [0.3, 0.4) is 0 Å². The van der Waals surface area contributed by atoms with Crippen LogP contribution in [0.25, 0.3) is 22.3 Å². The van der Waals surface area contributed by atoms with E-state index in [0.717, 1.165) is 24.8 Å². The second-order valence-corrected chi connectivity index (χ2v) is 15.6. The van der Waals surface area contributed by atoms with Crippen LogP contribution in [0.1, 0.15) is 50.5 Å². The van der Waals surface area contributed by atoms with E-state index in [1.807, 2.05) is 37.3 Å². The highest BCUT2D eigenvalue weighted by Gasteiger charge is 2.62. The van der Waals surface area contributed by atoms with E-state index in [4.69, 9.17) is 19.4 Å². The molecule has 3 aromatic rings. The molecule has 0 unspecified atom stereocenters. The number of rotatable bonds is 7. The number of nitrogens with zero attached hydrogens (tertiary/aromatic N) is 5. The number of methoxy groups -OCH3 is 1. The van der Waals surface area contributed by atoms with Crippen LogP contribution in [0.4, 0.5) is 4.79 Å². The second kappa shape index (κ2) is 13.2. The van der Waals surface area contributed by atoms with Crippen LogP contribution in [0.5, 0.6) is 11.6 Å². The summed E-state index contributed by atoms with van der Waals surface area (Å²) in [7, 11) is -0.549. The van der Waals surface area contributed by atoms with Gasteiger partial charge in [-0.1, -0.05) is 12.2 Å². The van der Waals surface area contributed by atoms with Crippen molar-refractivity contribution < 1.29 is 32.3 Å². The van der Waals surface area contributed by atoms with Gasteiger partial charge in [0.05, 0.1) is 29.8 Å². The standard InChI is InChI=1S/C35H41N7O7S/c1-21-28(48-3)14-13-26-29(21)37-30(22-9-8-15-36-19-22)38-32(26)49-24-17-27-31(43)39-35(33(44)40-50(46,47)25-11-12-25)18-23(35)10-6-4-5-7-16-41(2)34(45)42(27)20-24/h6,8-10,13-15,19,23-25,27H,4-5,7,11-12,16-18,20H2,1-3H3,(H,39,43)(H,40,44)/b10-6-/t23-,24-,27+,35-/m1/s1. The Kier molecular flexibility index (Phi) is 8.87. The lowest BCUT2D eigenvalue weighted by atomic mass is 10.1. The summed E-state index contributed by atoms with van der Waals surface area (Å²) < 4.78 is 39.8. The van der Waals surface area contributed by atoms with Gasteiger partial charge < -0.3 is 24.6 Å². The fourth-order valence-corrected chi connectivity index (χ4v) is 8.24. The Hall–Kier alpha value is -4.79. The number of carbonyl (C=O) groups excluding carboxylic acids is 3. The number of aryl methyl sites for hydroxylation is 1. The smallest absolute Gasteiger partial charge is 0.320 e. The van der Waals surface area contributed by atoms with Crippen molar-refractivity contribution in [2.24, 2.45) is 5.92 Å². The van der Waals surface area contributed by atoms with Crippen molar-refractivity contribution >= 4 is 38.8 Å². The van der Waals surface area contributed by atoms with Crippen LogP contribution >= 0.6 is 0 Å². The molecule has 2 aliphatic carbocycles. The molecular formula is C35H41N7O7S. The SMILES string of the molecule is COc1ccc2c(O[C@@H]3C[C@H]4C(=O)N[C@]5(C(=O)NS(=O)(=O)C6CC6)C[C@H]5/C=C\CCCCN(C)C(=O)N4C3)nc(-c3cccnc3)nc2c1C. The molecule has 14 nitrogen and oxygen atoms in total. The lowest BCUT2D eigenvalue weighted by molar-refractivity contribution is -0.131. The first kappa shape index (κ1) is 33.7. The zero-order valence-electron chi connectivity index (χ0n) is 28.3. The summed E-state index contributed by atoms with van der Waals surface area (Å²) in [5, 5.41) is 2.94. The molecule has 0 spiro atoms. The molecule has 2 N–H and O–H groups in total. The van der Waals surface area contributed by atoms with Gasteiger partial charge in [-0.2, -0.15) is 4.98 Å². The van der Waals surface area contributed by atoms with Crippen LogP contribution in [0.15, 0.2) is 48.8 Å². The molecule has 0 radical (unpaired) electrons. The van der Waals surface area contributed by atoms with Crippen molar-refractivity contribution in [1.82, 2.24) is 34.8 Å². The molecule has 1 saturated heterocycles. The van der Waals surface area contributed by atoms with Gasteiger partial charge in [0.2, 0.25) is 21.8 Å². The minimum absolute atomic E-state index is 0.0860. The van der Waals surface area contributed by atoms with Gasteiger partial charge in [0, 0.05) is 49.5 Å². The van der Waals surface area contributed by atoms with Crippen molar-refractivity contribution in [3.8, 4) is 23.0 Å². The second-order valence-electron chi connectivity index (χ2n) is 13.6. The van der Waals surface area contributed by atoms with Gasteiger partial charge in [0.25, 0.3) is 5.91 Å². The molecule has 15 heteroatoms. The third-order valence-corrected chi connectivity index (χ3v) is 11.9. The first-order chi connectivity index (χ1) is 24.0. The molecule has 4 aliphatic rings. The summed E-state index contributed by atoms with van der Waals surface area (Å²) >= 11 is 0. The lowest BCUT2D eigenvalue weighted by Crippen LogP contribution is -2.57. The maximum atomic E-state index is 14.2. The summed E-state index contributed by atoms with van der Waals surface area (Å²) in [5.74, 6) is -0.343. The lowest BCUT2D eigenvalue weighted by Gasteiger charge is -2.30. The van der Waals surface area contributed by atoms with Crippen molar-refractivity contribution in [2.45, 2.75) is 74.8 Å². The molecule has 2 aliphatic heterocycles. The molecule has 4 atom stereocenters. The number of hydrogen-bond acceptors (Lipinski definition) is 10. The molecule has 2 saturated carbocycles.